The third-order valence-corrected chi connectivity index (χ3v) is 5.21. The molecular formula is C22H20N2O3S. The lowest BCUT2D eigenvalue weighted by Gasteiger charge is -2.06. The molecule has 0 saturated carbocycles. The minimum absolute atomic E-state index is 0.0565. The van der Waals surface area contributed by atoms with E-state index in [9.17, 15) is 14.4 Å². The Labute approximate surface area is 167 Å². The summed E-state index contributed by atoms with van der Waals surface area (Å²) in [5.74, 6) is -1.44. The van der Waals surface area contributed by atoms with E-state index < -0.39 is 11.8 Å². The topological polar surface area (TPSA) is 75.3 Å². The summed E-state index contributed by atoms with van der Waals surface area (Å²) in [5, 5.41) is 5.18. The van der Waals surface area contributed by atoms with Crippen molar-refractivity contribution in [2.75, 3.05) is 0 Å². The maximum atomic E-state index is 12.4. The highest BCUT2D eigenvalue weighted by Crippen LogP contribution is 2.20. The normalized spacial score (nSPS) is 10.3. The van der Waals surface area contributed by atoms with Gasteiger partial charge in [-0.25, -0.2) is 0 Å². The van der Waals surface area contributed by atoms with E-state index >= 15 is 0 Å². The van der Waals surface area contributed by atoms with Gasteiger partial charge in [0.25, 0.3) is 0 Å². The van der Waals surface area contributed by atoms with Gasteiger partial charge in [0.1, 0.15) is 0 Å². The average molecular weight is 392 g/mol. The summed E-state index contributed by atoms with van der Waals surface area (Å²) in [6.45, 7) is 2.48. The first-order valence-electron chi connectivity index (χ1n) is 8.83. The molecule has 0 saturated heterocycles. The molecule has 1 aromatic heterocycles. The summed E-state index contributed by atoms with van der Waals surface area (Å²) < 4.78 is 0. The highest BCUT2D eigenvalue weighted by Gasteiger charge is 2.15. The molecule has 0 spiro atoms. The Bertz CT molecular complexity index is 979. The number of amides is 2. The predicted molar refractivity (Wildman–Crippen MR) is 109 cm³/mol. The number of rotatable bonds is 6. The van der Waals surface area contributed by atoms with Crippen LogP contribution in [-0.2, 0) is 22.7 Å². The minimum Gasteiger partial charge on any atom is -0.344 e. The molecule has 0 bridgehead atoms. The van der Waals surface area contributed by atoms with Gasteiger partial charge in [0, 0.05) is 17.0 Å². The van der Waals surface area contributed by atoms with Crippen LogP contribution in [0.4, 0.5) is 0 Å². The van der Waals surface area contributed by atoms with Crippen molar-refractivity contribution < 1.29 is 14.4 Å². The van der Waals surface area contributed by atoms with Gasteiger partial charge in [-0.2, -0.15) is 0 Å². The molecule has 2 amide bonds. The van der Waals surface area contributed by atoms with Crippen LogP contribution in [0.25, 0.3) is 0 Å². The zero-order chi connectivity index (χ0) is 19.9. The number of hydrogen-bond donors (Lipinski definition) is 2. The van der Waals surface area contributed by atoms with Crippen LogP contribution in [0.1, 0.15) is 31.2 Å². The second-order valence-electron chi connectivity index (χ2n) is 6.31. The Balaban J connectivity index is 1.49. The summed E-state index contributed by atoms with van der Waals surface area (Å²) in [7, 11) is 0. The first kappa shape index (κ1) is 19.5. The van der Waals surface area contributed by atoms with Gasteiger partial charge in [0.15, 0.2) is 0 Å². The van der Waals surface area contributed by atoms with Gasteiger partial charge in [0.05, 0.1) is 11.4 Å². The molecule has 0 aliphatic carbocycles. The van der Waals surface area contributed by atoms with E-state index in [-0.39, 0.29) is 12.3 Å². The van der Waals surface area contributed by atoms with Gasteiger partial charge in [-0.1, -0.05) is 60.2 Å². The van der Waals surface area contributed by atoms with Crippen LogP contribution in [0.2, 0.25) is 0 Å². The fraction of sp³-hybridized carbons (Fsp3) is 0.136. The predicted octanol–water partition coefficient (Wildman–Crippen LogP) is 3.22. The number of thiophene rings is 1. The van der Waals surface area contributed by atoms with Crippen LogP contribution >= 0.6 is 11.3 Å². The van der Waals surface area contributed by atoms with Crippen molar-refractivity contribution in [3.05, 3.63) is 93.2 Å². The maximum Gasteiger partial charge on any atom is 0.309 e. The first-order valence-corrected chi connectivity index (χ1v) is 9.64. The lowest BCUT2D eigenvalue weighted by molar-refractivity contribution is -0.139. The number of carbonyl (C=O) groups excluding carboxylic acids is 3. The third-order valence-electron chi connectivity index (χ3n) is 4.12. The summed E-state index contributed by atoms with van der Waals surface area (Å²) >= 11 is 1.31. The molecule has 2 N–H and O–H groups in total. The highest BCUT2D eigenvalue weighted by atomic mass is 32.1. The van der Waals surface area contributed by atoms with Gasteiger partial charge in [0.2, 0.25) is 5.78 Å². The number of aryl methyl sites for hydroxylation is 1. The number of hydrogen-bond acceptors (Lipinski definition) is 4. The van der Waals surface area contributed by atoms with E-state index in [2.05, 4.69) is 10.6 Å². The minimum atomic E-state index is -0.698. The van der Waals surface area contributed by atoms with Gasteiger partial charge in [-0.05, 0) is 24.6 Å². The van der Waals surface area contributed by atoms with Crippen molar-refractivity contribution in [2.24, 2.45) is 0 Å². The summed E-state index contributed by atoms with van der Waals surface area (Å²) in [5.41, 5.74) is 2.68. The number of nitrogens with one attached hydrogen (secondary N) is 2. The monoisotopic (exact) mass is 392 g/mol. The summed E-state index contributed by atoms with van der Waals surface area (Å²) in [6.07, 6.45) is 0. The lowest BCUT2D eigenvalue weighted by atomic mass is 10.1. The highest BCUT2D eigenvalue weighted by molar-refractivity contribution is 7.14. The molecular weight excluding hydrogens is 372 g/mol. The van der Waals surface area contributed by atoms with Crippen molar-refractivity contribution in [3.8, 4) is 0 Å². The van der Waals surface area contributed by atoms with Crippen molar-refractivity contribution in [3.63, 3.8) is 0 Å². The zero-order valence-corrected chi connectivity index (χ0v) is 16.2. The molecule has 1 heterocycles. The molecule has 142 valence electrons. The Morgan fingerprint density at radius 3 is 2.11 bits per heavy atom. The molecule has 5 nitrogen and oxygen atoms in total. The largest absolute Gasteiger partial charge is 0.344 e. The van der Waals surface area contributed by atoms with Gasteiger partial charge in [-0.15, -0.1) is 11.3 Å². The quantitative estimate of drug-likeness (QED) is 0.500. The fourth-order valence-corrected chi connectivity index (χ4v) is 3.45. The molecule has 3 aromatic rings. The van der Waals surface area contributed by atoms with E-state index in [0.717, 1.165) is 16.0 Å². The van der Waals surface area contributed by atoms with Gasteiger partial charge in [-0.3, -0.25) is 14.4 Å². The second-order valence-corrected chi connectivity index (χ2v) is 7.48. The Morgan fingerprint density at radius 1 is 0.786 bits per heavy atom. The Morgan fingerprint density at radius 2 is 1.43 bits per heavy atom. The summed E-state index contributed by atoms with van der Waals surface area (Å²) in [4.78, 5) is 37.7. The van der Waals surface area contributed by atoms with Crippen LogP contribution in [0.5, 0.6) is 0 Å². The van der Waals surface area contributed by atoms with Crippen LogP contribution in [0.3, 0.4) is 0 Å². The molecule has 0 unspecified atom stereocenters. The van der Waals surface area contributed by atoms with Gasteiger partial charge < -0.3 is 10.6 Å². The molecule has 2 aromatic carbocycles. The van der Waals surface area contributed by atoms with E-state index in [1.807, 2.05) is 49.4 Å². The standard InChI is InChI=1S/C22H20N2O3S/c1-15-7-9-16(10-8-15)13-23-21(26)22(27)24-14-18-11-12-19(28-18)20(25)17-5-3-2-4-6-17/h2-12H,13-14H2,1H3,(H,23,26)(H,24,27). The maximum absolute atomic E-state index is 12.4. The molecule has 28 heavy (non-hydrogen) atoms. The van der Waals surface area contributed by atoms with Crippen LogP contribution in [0.15, 0.2) is 66.7 Å². The molecule has 6 heteroatoms. The molecule has 0 atom stereocenters. The zero-order valence-electron chi connectivity index (χ0n) is 15.4. The van der Waals surface area contributed by atoms with E-state index in [1.165, 1.54) is 11.3 Å². The molecule has 0 aliphatic rings. The van der Waals surface area contributed by atoms with E-state index in [4.69, 9.17) is 0 Å². The van der Waals surface area contributed by atoms with Crippen LogP contribution in [-0.4, -0.2) is 17.6 Å². The molecule has 0 aliphatic heterocycles. The Hall–Kier alpha value is -3.25. The number of benzene rings is 2. The lowest BCUT2D eigenvalue weighted by Crippen LogP contribution is -2.39. The number of ketones is 1. The van der Waals surface area contributed by atoms with Crippen molar-refractivity contribution in [1.29, 1.82) is 0 Å². The van der Waals surface area contributed by atoms with E-state index in [0.29, 0.717) is 17.0 Å². The van der Waals surface area contributed by atoms with Crippen LogP contribution in [0, 0.1) is 6.92 Å². The van der Waals surface area contributed by atoms with Crippen molar-refractivity contribution in [2.45, 2.75) is 20.0 Å². The van der Waals surface area contributed by atoms with Gasteiger partial charge >= 0.3 is 11.8 Å². The molecule has 0 radical (unpaired) electrons. The average Bonchev–Trinajstić information content (AvgIpc) is 3.20. The van der Waals surface area contributed by atoms with Crippen molar-refractivity contribution >= 4 is 28.9 Å². The fourth-order valence-electron chi connectivity index (χ4n) is 2.54. The Kier molecular flexibility index (Phi) is 6.34. The van der Waals surface area contributed by atoms with Crippen LogP contribution < -0.4 is 10.6 Å². The first-order chi connectivity index (χ1) is 13.5. The smallest absolute Gasteiger partial charge is 0.309 e. The van der Waals surface area contributed by atoms with E-state index in [1.54, 1.807) is 24.3 Å². The summed E-state index contributed by atoms with van der Waals surface area (Å²) in [6, 6.07) is 20.3. The second kappa shape index (κ2) is 9.10. The third kappa shape index (κ3) is 5.14. The number of carbonyl (C=O) groups is 3. The molecule has 0 fully saturated rings. The SMILES string of the molecule is Cc1ccc(CNC(=O)C(=O)NCc2ccc(C(=O)c3ccccc3)s2)cc1. The molecule has 3 rings (SSSR count). The van der Waals surface area contributed by atoms with Crippen molar-refractivity contribution in [1.82, 2.24) is 10.6 Å².